The number of rotatable bonds is 0. The summed E-state index contributed by atoms with van der Waals surface area (Å²) in [6.45, 7) is 8.62. The molecule has 1 aromatic carbocycles. The van der Waals surface area contributed by atoms with Gasteiger partial charge >= 0.3 is 0 Å². The van der Waals surface area contributed by atoms with Gasteiger partial charge in [0.2, 0.25) is 0 Å². The van der Waals surface area contributed by atoms with Crippen molar-refractivity contribution in [2.75, 3.05) is 13.1 Å². The Bertz CT molecular complexity index is 553. The molecule has 3 rings (SSSR count). The molecule has 2 nitrogen and oxygen atoms in total. The summed E-state index contributed by atoms with van der Waals surface area (Å²) in [7, 11) is 0. The molecule has 20 heavy (non-hydrogen) atoms. The van der Waals surface area contributed by atoms with E-state index in [1.807, 2.05) is 12.1 Å². The summed E-state index contributed by atoms with van der Waals surface area (Å²) < 4.78 is 1.11. The Kier molecular flexibility index (Phi) is 3.33. The van der Waals surface area contributed by atoms with Gasteiger partial charge in [0.15, 0.2) is 5.78 Å². The molecule has 0 radical (unpaired) electrons. The van der Waals surface area contributed by atoms with E-state index in [-0.39, 0.29) is 16.7 Å². The third-order valence-corrected chi connectivity index (χ3v) is 5.61. The number of Topliss-reactive ketones (excluding diaryl/α,β-unsaturated/α-hetero) is 1. The second-order valence-electron chi connectivity index (χ2n) is 7.23. The van der Waals surface area contributed by atoms with Crippen LogP contribution in [0.4, 0.5) is 0 Å². The van der Waals surface area contributed by atoms with E-state index < -0.39 is 0 Å². The van der Waals surface area contributed by atoms with Crippen LogP contribution < -0.4 is 5.32 Å². The van der Waals surface area contributed by atoms with Crippen molar-refractivity contribution in [3.63, 3.8) is 0 Å². The summed E-state index contributed by atoms with van der Waals surface area (Å²) in [4.78, 5) is 13.0. The third kappa shape index (κ3) is 1.90. The molecule has 2 aliphatic rings. The number of carbonyl (C=O) groups is 1. The summed E-state index contributed by atoms with van der Waals surface area (Å²) in [5, 5.41) is 3.45. The second-order valence-corrected chi connectivity index (χ2v) is 8.09. The predicted octanol–water partition coefficient (Wildman–Crippen LogP) is 3.93. The third-order valence-electron chi connectivity index (χ3n) is 4.95. The molecule has 1 heterocycles. The highest BCUT2D eigenvalue weighted by molar-refractivity contribution is 9.10. The molecule has 1 aromatic rings. The zero-order valence-corrected chi connectivity index (χ0v) is 14.0. The van der Waals surface area contributed by atoms with Crippen molar-refractivity contribution in [2.24, 2.45) is 11.3 Å². The molecule has 108 valence electrons. The summed E-state index contributed by atoms with van der Waals surface area (Å²) in [6.07, 6.45) is 2.10. The topological polar surface area (TPSA) is 29.1 Å². The van der Waals surface area contributed by atoms with Crippen LogP contribution in [0.5, 0.6) is 0 Å². The van der Waals surface area contributed by atoms with Gasteiger partial charge in [-0.15, -0.1) is 0 Å². The zero-order valence-electron chi connectivity index (χ0n) is 12.4. The standard InChI is InChI=1S/C17H22BrNO/c1-16(2,3)15-14(20)11-5-4-6-12(18)13(11)17(15)7-9-19-10-8-17/h4-6,15,19H,7-10H2,1-3H3. The number of hydrogen-bond donors (Lipinski definition) is 1. The summed E-state index contributed by atoms with van der Waals surface area (Å²) >= 11 is 3.71. The van der Waals surface area contributed by atoms with Crippen molar-refractivity contribution in [1.29, 1.82) is 0 Å². The van der Waals surface area contributed by atoms with Crippen molar-refractivity contribution < 1.29 is 4.79 Å². The second kappa shape index (κ2) is 4.67. The number of benzene rings is 1. The summed E-state index contributed by atoms with van der Waals surface area (Å²) in [6, 6.07) is 6.08. The van der Waals surface area contributed by atoms with Crippen LogP contribution in [0.1, 0.15) is 49.5 Å². The van der Waals surface area contributed by atoms with Crippen molar-refractivity contribution in [2.45, 2.75) is 39.0 Å². The van der Waals surface area contributed by atoms with Crippen LogP contribution in [0.3, 0.4) is 0 Å². The van der Waals surface area contributed by atoms with E-state index in [0.29, 0.717) is 5.78 Å². The maximum Gasteiger partial charge on any atom is 0.167 e. The normalized spacial score (nSPS) is 25.0. The van der Waals surface area contributed by atoms with E-state index in [1.165, 1.54) is 5.56 Å². The van der Waals surface area contributed by atoms with E-state index in [1.54, 1.807) is 0 Å². The van der Waals surface area contributed by atoms with E-state index in [9.17, 15) is 4.79 Å². The van der Waals surface area contributed by atoms with E-state index in [0.717, 1.165) is 36.0 Å². The smallest absolute Gasteiger partial charge is 0.167 e. The lowest BCUT2D eigenvalue weighted by Gasteiger charge is -2.45. The van der Waals surface area contributed by atoms with Crippen LogP contribution in [0.15, 0.2) is 22.7 Å². The molecule has 0 saturated carbocycles. The lowest BCUT2D eigenvalue weighted by Crippen LogP contribution is -2.48. The predicted molar refractivity (Wildman–Crippen MR) is 85.2 cm³/mol. The molecule has 1 N–H and O–H groups in total. The van der Waals surface area contributed by atoms with Gasteiger partial charge in [-0.25, -0.2) is 0 Å². The Morgan fingerprint density at radius 3 is 2.50 bits per heavy atom. The number of carbonyl (C=O) groups excluding carboxylic acids is 1. The molecule has 1 aliphatic heterocycles. The van der Waals surface area contributed by atoms with Gasteiger partial charge in [0, 0.05) is 21.4 Å². The Hall–Kier alpha value is -0.670. The maximum atomic E-state index is 13.0. The fraction of sp³-hybridized carbons (Fsp3) is 0.588. The molecule has 0 aromatic heterocycles. The summed E-state index contributed by atoms with van der Waals surface area (Å²) in [5.41, 5.74) is 2.22. The first-order valence-electron chi connectivity index (χ1n) is 7.42. The van der Waals surface area contributed by atoms with Gasteiger partial charge in [-0.3, -0.25) is 4.79 Å². The first kappa shape index (κ1) is 14.3. The van der Waals surface area contributed by atoms with Gasteiger partial charge in [-0.2, -0.15) is 0 Å². The van der Waals surface area contributed by atoms with Gasteiger partial charge < -0.3 is 5.32 Å². The average molecular weight is 336 g/mol. The zero-order chi connectivity index (χ0) is 14.5. The van der Waals surface area contributed by atoms with Gasteiger partial charge in [0.1, 0.15) is 0 Å². The van der Waals surface area contributed by atoms with Crippen LogP contribution in [-0.2, 0) is 5.41 Å². The lowest BCUT2D eigenvalue weighted by molar-refractivity contribution is 0.0643. The van der Waals surface area contributed by atoms with Crippen LogP contribution >= 0.6 is 15.9 Å². The lowest BCUT2D eigenvalue weighted by atomic mass is 9.60. The SMILES string of the molecule is CC(C)(C)C1C(=O)c2cccc(Br)c2C12CCNCC2. The van der Waals surface area contributed by atoms with Gasteiger partial charge in [-0.05, 0) is 43.0 Å². The van der Waals surface area contributed by atoms with Crippen LogP contribution in [0, 0.1) is 11.3 Å². The molecule has 3 heteroatoms. The average Bonchev–Trinajstić information content (AvgIpc) is 2.61. The molecule has 1 saturated heterocycles. The minimum atomic E-state index is -0.00706. The number of piperidine rings is 1. The Balaban J connectivity index is 2.24. The Labute approximate surface area is 129 Å². The molecule has 1 unspecified atom stereocenters. The Morgan fingerprint density at radius 2 is 1.90 bits per heavy atom. The number of nitrogens with one attached hydrogen (secondary N) is 1. The highest BCUT2D eigenvalue weighted by atomic mass is 79.9. The minimum Gasteiger partial charge on any atom is -0.317 e. The van der Waals surface area contributed by atoms with Crippen molar-refractivity contribution in [3.8, 4) is 0 Å². The highest BCUT2D eigenvalue weighted by Gasteiger charge is 2.56. The molecule has 0 amide bonds. The van der Waals surface area contributed by atoms with Gasteiger partial charge in [-0.1, -0.05) is 48.8 Å². The number of halogens is 1. The Morgan fingerprint density at radius 1 is 1.25 bits per heavy atom. The fourth-order valence-corrected chi connectivity index (χ4v) is 5.18. The van der Waals surface area contributed by atoms with E-state index in [4.69, 9.17) is 0 Å². The van der Waals surface area contributed by atoms with E-state index >= 15 is 0 Å². The number of ketones is 1. The first-order valence-corrected chi connectivity index (χ1v) is 8.21. The monoisotopic (exact) mass is 335 g/mol. The molecule has 1 aliphatic carbocycles. The molecular weight excluding hydrogens is 314 g/mol. The largest absolute Gasteiger partial charge is 0.317 e. The van der Waals surface area contributed by atoms with Gasteiger partial charge in [0.25, 0.3) is 0 Å². The molecular formula is C17H22BrNO. The quantitative estimate of drug-likeness (QED) is 0.778. The van der Waals surface area contributed by atoms with Gasteiger partial charge in [0.05, 0.1) is 0 Å². The van der Waals surface area contributed by atoms with Crippen LogP contribution in [0.2, 0.25) is 0 Å². The molecule has 1 atom stereocenters. The van der Waals surface area contributed by atoms with Crippen molar-refractivity contribution in [1.82, 2.24) is 5.32 Å². The first-order chi connectivity index (χ1) is 9.38. The number of hydrogen-bond acceptors (Lipinski definition) is 2. The van der Waals surface area contributed by atoms with Crippen LogP contribution in [-0.4, -0.2) is 18.9 Å². The van der Waals surface area contributed by atoms with Crippen molar-refractivity contribution in [3.05, 3.63) is 33.8 Å². The molecule has 0 bridgehead atoms. The highest BCUT2D eigenvalue weighted by Crippen LogP contribution is 2.56. The fourth-order valence-electron chi connectivity index (χ4n) is 4.42. The number of fused-ring (bicyclic) bond motifs is 2. The van der Waals surface area contributed by atoms with Crippen LogP contribution in [0.25, 0.3) is 0 Å². The summed E-state index contributed by atoms with van der Waals surface area (Å²) in [5.74, 6) is 0.432. The molecule has 1 spiro atoms. The maximum absolute atomic E-state index is 13.0. The molecule has 1 fully saturated rings. The van der Waals surface area contributed by atoms with Crippen molar-refractivity contribution >= 4 is 21.7 Å². The van der Waals surface area contributed by atoms with E-state index in [2.05, 4.69) is 48.1 Å². The minimum absolute atomic E-state index is 0.00706.